The topological polar surface area (TPSA) is 40.1 Å². The van der Waals surface area contributed by atoms with Crippen molar-refractivity contribution in [3.8, 4) is 11.1 Å². The van der Waals surface area contributed by atoms with E-state index in [0.29, 0.717) is 6.54 Å². The maximum atomic E-state index is 12.3. The van der Waals surface area contributed by atoms with E-state index in [9.17, 15) is 9.90 Å². The highest BCUT2D eigenvalue weighted by atomic mass is 16.4. The molecule has 134 valence electrons. The minimum Gasteiger partial charge on any atom is -0.498 e. The van der Waals surface area contributed by atoms with E-state index >= 15 is 0 Å². The van der Waals surface area contributed by atoms with Crippen LogP contribution in [0.5, 0.6) is 0 Å². The van der Waals surface area contributed by atoms with Gasteiger partial charge in [-0.25, -0.2) is 0 Å². The molecule has 0 N–H and O–H groups in total. The van der Waals surface area contributed by atoms with Gasteiger partial charge in [-0.15, -0.1) is 0 Å². The summed E-state index contributed by atoms with van der Waals surface area (Å²) in [5.74, 6) is 0. The number of amides is 1. The Labute approximate surface area is 159 Å². The summed E-state index contributed by atoms with van der Waals surface area (Å²) in [6, 6.07) is 25.7. The van der Waals surface area contributed by atoms with E-state index in [1.54, 1.807) is 7.05 Å². The SMILES string of the molecule is C[N+](CC=Cc1ccccc1)(C(=O)[O-])C1c2ccccc2-c2ccccc21. The molecule has 1 unspecified atom stereocenters. The number of rotatable bonds is 4. The van der Waals surface area contributed by atoms with E-state index in [1.807, 2.05) is 78.9 Å². The Hall–Kier alpha value is -3.17. The molecule has 3 aromatic carbocycles. The normalized spacial score (nSPS) is 15.3. The number of nitrogens with zero attached hydrogens (tertiary/aromatic N) is 1. The van der Waals surface area contributed by atoms with Gasteiger partial charge in [0.2, 0.25) is 0 Å². The summed E-state index contributed by atoms with van der Waals surface area (Å²) in [6.07, 6.45) is 2.81. The lowest BCUT2D eigenvalue weighted by atomic mass is 10.0. The summed E-state index contributed by atoms with van der Waals surface area (Å²) in [5, 5.41) is 12.3. The van der Waals surface area contributed by atoms with Crippen molar-refractivity contribution >= 4 is 12.2 Å². The zero-order valence-electron chi connectivity index (χ0n) is 15.2. The Morgan fingerprint density at radius 2 is 1.41 bits per heavy atom. The lowest BCUT2D eigenvalue weighted by Crippen LogP contribution is -2.57. The van der Waals surface area contributed by atoms with Crippen LogP contribution in [0.25, 0.3) is 17.2 Å². The van der Waals surface area contributed by atoms with Crippen LogP contribution < -0.4 is 5.11 Å². The number of fused-ring (bicyclic) bond motifs is 3. The van der Waals surface area contributed by atoms with Crippen molar-refractivity contribution in [2.75, 3.05) is 13.6 Å². The van der Waals surface area contributed by atoms with E-state index < -0.39 is 6.09 Å². The van der Waals surface area contributed by atoms with Gasteiger partial charge < -0.3 is 9.90 Å². The highest BCUT2D eigenvalue weighted by Gasteiger charge is 2.43. The molecule has 1 amide bonds. The Kier molecular flexibility index (Phi) is 4.38. The molecule has 0 heterocycles. The largest absolute Gasteiger partial charge is 0.498 e. The van der Waals surface area contributed by atoms with Crippen molar-refractivity contribution in [2.45, 2.75) is 6.04 Å². The predicted molar refractivity (Wildman–Crippen MR) is 106 cm³/mol. The molecule has 0 aromatic heterocycles. The van der Waals surface area contributed by atoms with Crippen LogP contribution in [0.1, 0.15) is 22.7 Å². The molecule has 0 spiro atoms. The molecule has 4 rings (SSSR count). The van der Waals surface area contributed by atoms with Gasteiger partial charge in [-0.3, -0.25) is 4.48 Å². The predicted octanol–water partition coefficient (Wildman–Crippen LogP) is 4.26. The van der Waals surface area contributed by atoms with Crippen LogP contribution in [0.4, 0.5) is 4.79 Å². The summed E-state index contributed by atoms with van der Waals surface area (Å²) in [5.41, 5.74) is 5.35. The van der Waals surface area contributed by atoms with Crippen LogP contribution in [0, 0.1) is 0 Å². The smallest absolute Gasteiger partial charge is 0.258 e. The van der Waals surface area contributed by atoms with E-state index in [2.05, 4.69) is 12.1 Å². The number of benzene rings is 3. The summed E-state index contributed by atoms with van der Waals surface area (Å²) < 4.78 is -0.225. The first-order chi connectivity index (χ1) is 13.1. The van der Waals surface area contributed by atoms with Crippen LogP contribution >= 0.6 is 0 Å². The quantitative estimate of drug-likeness (QED) is 0.656. The second-order valence-electron chi connectivity index (χ2n) is 7.11. The van der Waals surface area contributed by atoms with Crippen molar-refractivity contribution in [1.29, 1.82) is 0 Å². The minimum absolute atomic E-state index is 0.225. The zero-order chi connectivity index (χ0) is 18.9. The molecule has 0 saturated heterocycles. The number of quaternary nitrogens is 1. The Morgan fingerprint density at radius 1 is 0.889 bits per heavy atom. The number of carbonyl (C=O) groups excluding carboxylic acids is 1. The standard InChI is InChI=1S/C24H21NO2/c1-25(24(26)27,17-9-12-18-10-3-2-4-11-18)23-21-15-7-5-13-19(21)20-14-6-8-16-22(20)23/h2-16,23H,17H2,1H3. The second-order valence-corrected chi connectivity index (χ2v) is 7.11. The highest BCUT2D eigenvalue weighted by Crippen LogP contribution is 2.48. The molecule has 3 heteroatoms. The lowest BCUT2D eigenvalue weighted by Gasteiger charge is -2.39. The average Bonchev–Trinajstić information content (AvgIpc) is 3.03. The number of hydrogen-bond acceptors (Lipinski definition) is 2. The zero-order valence-corrected chi connectivity index (χ0v) is 15.2. The molecule has 0 fully saturated rings. The third-order valence-corrected chi connectivity index (χ3v) is 5.38. The maximum absolute atomic E-state index is 12.3. The van der Waals surface area contributed by atoms with Crippen LogP contribution in [0.3, 0.4) is 0 Å². The van der Waals surface area contributed by atoms with Gasteiger partial charge in [0.25, 0.3) is 6.09 Å². The molecule has 3 nitrogen and oxygen atoms in total. The molecule has 1 atom stereocenters. The molecule has 0 bridgehead atoms. The Morgan fingerprint density at radius 3 is 1.96 bits per heavy atom. The van der Waals surface area contributed by atoms with Gasteiger partial charge in [0.15, 0.2) is 0 Å². The third-order valence-electron chi connectivity index (χ3n) is 5.38. The van der Waals surface area contributed by atoms with Gasteiger partial charge in [0.1, 0.15) is 12.6 Å². The average molecular weight is 355 g/mol. The monoisotopic (exact) mass is 355 g/mol. The van der Waals surface area contributed by atoms with Gasteiger partial charge in [-0.05, 0) is 22.8 Å². The molecule has 3 aromatic rings. The summed E-state index contributed by atoms with van der Waals surface area (Å²) in [6.45, 7) is 0.338. The molecule has 1 aliphatic rings. The van der Waals surface area contributed by atoms with Gasteiger partial charge >= 0.3 is 0 Å². The van der Waals surface area contributed by atoms with Crippen LogP contribution in [-0.2, 0) is 0 Å². The molecule has 0 saturated carbocycles. The van der Waals surface area contributed by atoms with E-state index in [4.69, 9.17) is 0 Å². The first kappa shape index (κ1) is 17.3. The van der Waals surface area contributed by atoms with E-state index in [1.165, 1.54) is 0 Å². The number of carboxylic acid groups (broad SMARTS) is 1. The summed E-state index contributed by atoms with van der Waals surface area (Å²) in [4.78, 5) is 12.3. The van der Waals surface area contributed by atoms with Crippen molar-refractivity contribution in [1.82, 2.24) is 0 Å². The second kappa shape index (κ2) is 6.86. The molecular weight excluding hydrogens is 334 g/mol. The van der Waals surface area contributed by atoms with Crippen LogP contribution in [-0.4, -0.2) is 24.2 Å². The Balaban J connectivity index is 1.76. The summed E-state index contributed by atoms with van der Waals surface area (Å²) >= 11 is 0. The van der Waals surface area contributed by atoms with Crippen molar-refractivity contribution < 1.29 is 14.4 Å². The van der Waals surface area contributed by atoms with Gasteiger partial charge in [-0.2, -0.15) is 0 Å². The van der Waals surface area contributed by atoms with Crippen LogP contribution in [0.2, 0.25) is 0 Å². The molecular formula is C24H21NO2. The Bertz CT molecular complexity index is 964. The molecule has 27 heavy (non-hydrogen) atoms. The first-order valence-corrected chi connectivity index (χ1v) is 9.08. The molecule has 1 aliphatic carbocycles. The van der Waals surface area contributed by atoms with Gasteiger partial charge in [-0.1, -0.05) is 84.9 Å². The van der Waals surface area contributed by atoms with Crippen LogP contribution in [0.15, 0.2) is 84.9 Å². The van der Waals surface area contributed by atoms with Crippen molar-refractivity contribution in [2.24, 2.45) is 0 Å². The lowest BCUT2D eigenvalue weighted by molar-refractivity contribution is -0.875. The minimum atomic E-state index is -1.08. The third kappa shape index (κ3) is 2.96. The fourth-order valence-electron chi connectivity index (χ4n) is 4.00. The van der Waals surface area contributed by atoms with Gasteiger partial charge in [0.05, 0.1) is 7.05 Å². The van der Waals surface area contributed by atoms with Crippen molar-refractivity contribution in [3.05, 3.63) is 102 Å². The maximum Gasteiger partial charge on any atom is 0.258 e. The fourth-order valence-corrected chi connectivity index (χ4v) is 4.00. The van der Waals surface area contributed by atoms with Crippen molar-refractivity contribution in [3.63, 3.8) is 0 Å². The first-order valence-electron chi connectivity index (χ1n) is 9.08. The molecule has 0 aliphatic heterocycles. The highest BCUT2D eigenvalue weighted by molar-refractivity contribution is 5.78. The van der Waals surface area contributed by atoms with E-state index in [0.717, 1.165) is 27.8 Å². The van der Waals surface area contributed by atoms with Gasteiger partial charge in [0, 0.05) is 11.1 Å². The molecule has 0 radical (unpaired) electrons. The number of likely N-dealkylation sites (N-methyl/N-ethyl adjacent to an activating group) is 1. The number of hydrogen-bond donors (Lipinski definition) is 0. The summed E-state index contributed by atoms with van der Waals surface area (Å²) in [7, 11) is 1.74. The number of carbonyl (C=O) groups is 1. The fraction of sp³-hybridized carbons (Fsp3) is 0.125. The van der Waals surface area contributed by atoms with E-state index in [-0.39, 0.29) is 10.5 Å².